The third-order valence-electron chi connectivity index (χ3n) is 5.12. The van der Waals surface area contributed by atoms with Crippen LogP contribution in [0.25, 0.3) is 10.8 Å². The summed E-state index contributed by atoms with van der Waals surface area (Å²) in [5.41, 5.74) is 1.97. The van der Waals surface area contributed by atoms with Gasteiger partial charge in [-0.25, -0.2) is 4.79 Å². The maximum atomic E-state index is 12.4. The first-order valence-electron chi connectivity index (χ1n) is 10.4. The molecule has 0 aromatic heterocycles. The summed E-state index contributed by atoms with van der Waals surface area (Å²) in [5, 5.41) is 5.21. The summed E-state index contributed by atoms with van der Waals surface area (Å²) in [4.78, 5) is 12.4. The molecule has 0 heterocycles. The molecule has 4 aromatic carbocycles. The van der Waals surface area contributed by atoms with Crippen molar-refractivity contribution in [1.82, 2.24) is 5.32 Å². The van der Waals surface area contributed by atoms with Gasteiger partial charge in [-0.1, -0.05) is 97.1 Å². The van der Waals surface area contributed by atoms with Crippen molar-refractivity contribution in [1.29, 1.82) is 0 Å². The molecule has 4 rings (SSSR count). The molecule has 156 valence electrons. The molecule has 0 aliphatic heterocycles. The van der Waals surface area contributed by atoms with Crippen molar-refractivity contribution in [2.45, 2.75) is 19.1 Å². The Kier molecular flexibility index (Phi) is 6.81. The van der Waals surface area contributed by atoms with Crippen molar-refractivity contribution in [2.24, 2.45) is 0 Å². The van der Waals surface area contributed by atoms with E-state index in [4.69, 9.17) is 9.47 Å². The number of rotatable bonds is 8. The predicted octanol–water partition coefficient (Wildman–Crippen LogP) is 6.28. The zero-order valence-electron chi connectivity index (χ0n) is 17.2. The summed E-state index contributed by atoms with van der Waals surface area (Å²) >= 11 is 0. The average Bonchev–Trinajstić information content (AvgIpc) is 2.83. The van der Waals surface area contributed by atoms with Gasteiger partial charge in [0.2, 0.25) is 0 Å². The van der Waals surface area contributed by atoms with Gasteiger partial charge >= 0.3 is 6.09 Å². The number of nitrogens with one attached hydrogen (secondary N) is 1. The molecule has 1 N–H and O–H groups in total. The fourth-order valence-electron chi connectivity index (χ4n) is 3.52. The average molecular weight is 412 g/mol. The largest absolute Gasteiger partial charge is 0.493 e. The van der Waals surface area contributed by atoms with Crippen LogP contribution in [0.2, 0.25) is 0 Å². The molecular formula is C27H25NO3. The Morgan fingerprint density at radius 3 is 2.26 bits per heavy atom. The molecule has 4 nitrogen and oxygen atoms in total. The number of amides is 1. The van der Waals surface area contributed by atoms with Crippen molar-refractivity contribution < 1.29 is 14.3 Å². The van der Waals surface area contributed by atoms with Gasteiger partial charge in [-0.05, 0) is 22.6 Å². The Morgan fingerprint density at radius 1 is 0.774 bits per heavy atom. The van der Waals surface area contributed by atoms with Crippen molar-refractivity contribution in [3.05, 3.63) is 114 Å². The molecule has 4 heteroatoms. The van der Waals surface area contributed by atoms with Crippen LogP contribution in [-0.4, -0.2) is 12.7 Å². The van der Waals surface area contributed by atoms with E-state index in [2.05, 4.69) is 23.5 Å². The highest BCUT2D eigenvalue weighted by Crippen LogP contribution is 2.26. The Morgan fingerprint density at radius 2 is 1.45 bits per heavy atom. The lowest BCUT2D eigenvalue weighted by molar-refractivity contribution is 0.134. The maximum absolute atomic E-state index is 12.4. The summed E-state index contributed by atoms with van der Waals surface area (Å²) in [6, 6.07) is 33.5. The number of ether oxygens (including phenoxy) is 2. The molecule has 4 aromatic rings. The van der Waals surface area contributed by atoms with E-state index in [0.717, 1.165) is 27.6 Å². The lowest BCUT2D eigenvalue weighted by Gasteiger charge is -2.20. The third-order valence-corrected chi connectivity index (χ3v) is 5.12. The van der Waals surface area contributed by atoms with Gasteiger partial charge in [0.1, 0.15) is 12.4 Å². The summed E-state index contributed by atoms with van der Waals surface area (Å²) in [6.07, 6.45) is 0.177. The topological polar surface area (TPSA) is 47.6 Å². The van der Waals surface area contributed by atoms with Crippen LogP contribution in [-0.2, 0) is 11.3 Å². The number of alkyl carbamates (subject to hydrolysis) is 1. The van der Waals surface area contributed by atoms with Crippen LogP contribution >= 0.6 is 0 Å². The summed E-state index contributed by atoms with van der Waals surface area (Å²) < 4.78 is 11.5. The van der Waals surface area contributed by atoms with Crippen LogP contribution in [0.3, 0.4) is 0 Å². The van der Waals surface area contributed by atoms with Gasteiger partial charge in [0.05, 0.1) is 12.6 Å². The summed E-state index contributed by atoms with van der Waals surface area (Å²) in [5.74, 6) is 0.844. The second-order valence-corrected chi connectivity index (χ2v) is 7.28. The normalized spacial score (nSPS) is 11.6. The van der Waals surface area contributed by atoms with Crippen LogP contribution in [0.1, 0.15) is 23.6 Å². The number of carbonyl (C=O) groups is 1. The van der Waals surface area contributed by atoms with E-state index in [0.29, 0.717) is 13.0 Å². The smallest absolute Gasteiger partial charge is 0.407 e. The standard InChI is InChI=1S/C27H25NO3/c29-27(31-20-21-10-3-1-4-11-21)28-25(23-13-5-2-6-14-23)18-19-30-26-17-9-15-22-12-7-8-16-24(22)26/h1-17,25H,18-20H2,(H,28,29)/t25-/m0/s1. The zero-order valence-corrected chi connectivity index (χ0v) is 17.2. The molecule has 0 radical (unpaired) electrons. The lowest BCUT2D eigenvalue weighted by Crippen LogP contribution is -2.30. The summed E-state index contributed by atoms with van der Waals surface area (Å²) in [6.45, 7) is 0.702. The zero-order chi connectivity index (χ0) is 21.3. The van der Waals surface area contributed by atoms with E-state index in [1.165, 1.54) is 0 Å². The molecule has 0 unspecified atom stereocenters. The highest BCUT2D eigenvalue weighted by molar-refractivity contribution is 5.88. The van der Waals surface area contributed by atoms with E-state index >= 15 is 0 Å². The third kappa shape index (κ3) is 5.64. The van der Waals surface area contributed by atoms with Crippen LogP contribution in [0.5, 0.6) is 5.75 Å². The Balaban J connectivity index is 1.39. The number of hydrogen-bond acceptors (Lipinski definition) is 3. The van der Waals surface area contributed by atoms with Crippen molar-refractivity contribution in [3.63, 3.8) is 0 Å². The van der Waals surface area contributed by atoms with Crippen molar-refractivity contribution in [2.75, 3.05) is 6.61 Å². The van der Waals surface area contributed by atoms with Gasteiger partial charge in [-0.3, -0.25) is 0 Å². The lowest BCUT2D eigenvalue weighted by atomic mass is 10.0. The van der Waals surface area contributed by atoms with Crippen LogP contribution in [0, 0.1) is 0 Å². The minimum atomic E-state index is -0.442. The van der Waals surface area contributed by atoms with Gasteiger partial charge in [0, 0.05) is 11.8 Å². The fourth-order valence-corrected chi connectivity index (χ4v) is 3.52. The number of fused-ring (bicyclic) bond motifs is 1. The fraction of sp³-hybridized carbons (Fsp3) is 0.148. The predicted molar refractivity (Wildman–Crippen MR) is 123 cm³/mol. The van der Waals surface area contributed by atoms with Gasteiger partial charge in [-0.15, -0.1) is 0 Å². The van der Waals surface area contributed by atoms with Gasteiger partial charge in [-0.2, -0.15) is 0 Å². The van der Waals surface area contributed by atoms with Crippen molar-refractivity contribution >= 4 is 16.9 Å². The molecular weight excluding hydrogens is 386 g/mol. The minimum absolute atomic E-state index is 0.209. The first kappa shape index (κ1) is 20.5. The Labute approximate surface area is 182 Å². The first-order valence-corrected chi connectivity index (χ1v) is 10.4. The van der Waals surface area contributed by atoms with E-state index in [1.807, 2.05) is 84.9 Å². The van der Waals surface area contributed by atoms with Crippen LogP contribution in [0.15, 0.2) is 103 Å². The number of carbonyl (C=O) groups excluding carboxylic acids is 1. The number of hydrogen-bond donors (Lipinski definition) is 1. The molecule has 1 amide bonds. The van der Waals surface area contributed by atoms with Crippen LogP contribution in [0.4, 0.5) is 4.79 Å². The number of benzene rings is 4. The van der Waals surface area contributed by atoms with E-state index in [1.54, 1.807) is 0 Å². The monoisotopic (exact) mass is 411 g/mol. The molecule has 0 saturated heterocycles. The highest BCUT2D eigenvalue weighted by Gasteiger charge is 2.16. The Hall–Kier alpha value is -3.79. The van der Waals surface area contributed by atoms with Gasteiger partial charge < -0.3 is 14.8 Å². The first-order chi connectivity index (χ1) is 15.3. The molecule has 0 bridgehead atoms. The van der Waals surface area contributed by atoms with E-state index in [-0.39, 0.29) is 12.6 Å². The summed E-state index contributed by atoms with van der Waals surface area (Å²) in [7, 11) is 0. The molecule has 0 fully saturated rings. The van der Waals surface area contributed by atoms with Gasteiger partial charge in [0.25, 0.3) is 0 Å². The highest BCUT2D eigenvalue weighted by atomic mass is 16.5. The molecule has 31 heavy (non-hydrogen) atoms. The van der Waals surface area contributed by atoms with Crippen LogP contribution < -0.4 is 10.1 Å². The van der Waals surface area contributed by atoms with E-state index in [9.17, 15) is 4.79 Å². The van der Waals surface area contributed by atoms with Gasteiger partial charge in [0.15, 0.2) is 0 Å². The molecule has 0 saturated carbocycles. The second kappa shape index (κ2) is 10.3. The second-order valence-electron chi connectivity index (χ2n) is 7.28. The molecule has 0 spiro atoms. The molecule has 0 aliphatic rings. The van der Waals surface area contributed by atoms with Crippen molar-refractivity contribution in [3.8, 4) is 5.75 Å². The Bertz CT molecular complexity index is 1110. The maximum Gasteiger partial charge on any atom is 0.407 e. The van der Waals surface area contributed by atoms with E-state index < -0.39 is 6.09 Å². The quantitative estimate of drug-likeness (QED) is 0.371. The molecule has 1 atom stereocenters. The minimum Gasteiger partial charge on any atom is -0.493 e. The SMILES string of the molecule is O=C(N[C@@H](CCOc1cccc2ccccc12)c1ccccc1)OCc1ccccc1. The molecule has 0 aliphatic carbocycles.